The van der Waals surface area contributed by atoms with E-state index in [-0.39, 0.29) is 17.9 Å². The molecular formula is C18H22N4O2S. The monoisotopic (exact) mass is 358 g/mol. The van der Waals surface area contributed by atoms with Gasteiger partial charge in [0, 0.05) is 30.3 Å². The molecule has 6 nitrogen and oxygen atoms in total. The number of nitrogens with one attached hydrogen (secondary N) is 1. The molecule has 0 spiro atoms. The van der Waals surface area contributed by atoms with Crippen molar-refractivity contribution in [3.8, 4) is 5.69 Å². The maximum atomic E-state index is 12.6. The molecule has 1 N–H and O–H groups in total. The first-order chi connectivity index (χ1) is 12.1. The highest BCUT2D eigenvalue weighted by molar-refractivity contribution is 7.99. The van der Waals surface area contributed by atoms with Gasteiger partial charge < -0.3 is 14.8 Å². The van der Waals surface area contributed by atoms with Gasteiger partial charge in [-0.1, -0.05) is 0 Å². The van der Waals surface area contributed by atoms with E-state index in [1.165, 1.54) is 11.8 Å². The van der Waals surface area contributed by atoms with E-state index in [0.29, 0.717) is 12.3 Å². The molecule has 1 aliphatic heterocycles. The van der Waals surface area contributed by atoms with Crippen molar-refractivity contribution in [2.45, 2.75) is 25.8 Å². The third kappa shape index (κ3) is 3.87. The van der Waals surface area contributed by atoms with Crippen LogP contribution in [0, 0.1) is 6.92 Å². The Hall–Kier alpha value is -2.28. The summed E-state index contributed by atoms with van der Waals surface area (Å²) in [5.74, 6) is 1.25. The summed E-state index contributed by atoms with van der Waals surface area (Å²) >= 11 is 1.49. The van der Waals surface area contributed by atoms with Gasteiger partial charge in [0.1, 0.15) is 11.9 Å². The molecule has 0 aliphatic carbocycles. The van der Waals surface area contributed by atoms with Crippen LogP contribution in [-0.4, -0.2) is 50.9 Å². The molecule has 2 heterocycles. The van der Waals surface area contributed by atoms with E-state index in [9.17, 15) is 9.59 Å². The van der Waals surface area contributed by atoms with Crippen LogP contribution in [0.5, 0.6) is 0 Å². The lowest BCUT2D eigenvalue weighted by Gasteiger charge is -2.23. The second kappa shape index (κ2) is 7.74. The van der Waals surface area contributed by atoms with Crippen LogP contribution in [0.15, 0.2) is 36.7 Å². The van der Waals surface area contributed by atoms with Crippen molar-refractivity contribution in [2.75, 3.05) is 23.9 Å². The first kappa shape index (κ1) is 17.5. The van der Waals surface area contributed by atoms with Crippen LogP contribution in [-0.2, 0) is 9.59 Å². The van der Waals surface area contributed by atoms with E-state index in [2.05, 4.69) is 10.3 Å². The van der Waals surface area contributed by atoms with Gasteiger partial charge in [0.05, 0.1) is 5.75 Å². The molecule has 2 aromatic rings. The molecule has 1 saturated heterocycles. The molecule has 1 aromatic heterocycles. The lowest BCUT2D eigenvalue weighted by Crippen LogP contribution is -2.43. The van der Waals surface area contributed by atoms with Crippen molar-refractivity contribution in [1.82, 2.24) is 14.5 Å². The number of rotatable bonds is 5. The second-order valence-corrected chi connectivity index (χ2v) is 6.92. The van der Waals surface area contributed by atoms with E-state index in [1.54, 1.807) is 11.1 Å². The lowest BCUT2D eigenvalue weighted by molar-refractivity contribution is -0.134. The van der Waals surface area contributed by atoms with Crippen LogP contribution in [0.25, 0.3) is 5.69 Å². The van der Waals surface area contributed by atoms with Crippen molar-refractivity contribution < 1.29 is 9.59 Å². The smallest absolute Gasteiger partial charge is 0.247 e. The Kier molecular flexibility index (Phi) is 5.43. The first-order valence-corrected chi connectivity index (χ1v) is 9.69. The molecule has 0 bridgehead atoms. The highest BCUT2D eigenvalue weighted by atomic mass is 32.2. The third-order valence-corrected chi connectivity index (χ3v) is 4.92. The number of imidazole rings is 1. The summed E-state index contributed by atoms with van der Waals surface area (Å²) in [5.41, 5.74) is 1.72. The lowest BCUT2D eigenvalue weighted by atomic mass is 10.2. The second-order valence-electron chi connectivity index (χ2n) is 6.06. The zero-order valence-corrected chi connectivity index (χ0v) is 15.3. The summed E-state index contributed by atoms with van der Waals surface area (Å²) in [6.45, 7) is 2.60. The van der Waals surface area contributed by atoms with Gasteiger partial charge in [-0.05, 0) is 50.3 Å². The van der Waals surface area contributed by atoms with Crippen molar-refractivity contribution >= 4 is 29.3 Å². The fraction of sp³-hybridized carbons (Fsp3) is 0.389. The maximum absolute atomic E-state index is 12.6. The zero-order valence-electron chi connectivity index (χ0n) is 14.4. The summed E-state index contributed by atoms with van der Waals surface area (Å²) in [6.07, 6.45) is 7.14. The molecule has 25 heavy (non-hydrogen) atoms. The van der Waals surface area contributed by atoms with Gasteiger partial charge in [0.25, 0.3) is 0 Å². The number of hydrogen-bond acceptors (Lipinski definition) is 4. The van der Waals surface area contributed by atoms with Crippen molar-refractivity contribution in [1.29, 1.82) is 0 Å². The minimum atomic E-state index is -0.366. The maximum Gasteiger partial charge on any atom is 0.247 e. The number of hydrogen-bond donors (Lipinski definition) is 1. The SMILES string of the molecule is CSCC(=O)N1CCCC1C(=O)Nc1ccc(-n2ccnc2C)cc1. The summed E-state index contributed by atoms with van der Waals surface area (Å²) in [5, 5.41) is 2.93. The molecular weight excluding hydrogens is 336 g/mol. The Balaban J connectivity index is 1.66. The number of carbonyl (C=O) groups excluding carboxylic acids is 2. The molecule has 1 fully saturated rings. The predicted molar refractivity (Wildman–Crippen MR) is 100 cm³/mol. The molecule has 1 unspecified atom stereocenters. The fourth-order valence-electron chi connectivity index (χ4n) is 3.13. The quantitative estimate of drug-likeness (QED) is 0.892. The molecule has 1 atom stereocenters. The van der Waals surface area contributed by atoms with Crippen LogP contribution in [0.2, 0.25) is 0 Å². The van der Waals surface area contributed by atoms with Gasteiger partial charge in [0.2, 0.25) is 11.8 Å². The van der Waals surface area contributed by atoms with E-state index in [0.717, 1.165) is 30.0 Å². The van der Waals surface area contributed by atoms with Gasteiger partial charge in [-0.25, -0.2) is 4.98 Å². The zero-order chi connectivity index (χ0) is 17.8. The summed E-state index contributed by atoms with van der Waals surface area (Å²) in [4.78, 5) is 30.6. The van der Waals surface area contributed by atoms with Gasteiger partial charge in [0.15, 0.2) is 0 Å². The number of nitrogens with zero attached hydrogens (tertiary/aromatic N) is 3. The molecule has 1 aromatic carbocycles. The van der Waals surface area contributed by atoms with Gasteiger partial charge in [-0.15, -0.1) is 0 Å². The fourth-order valence-corrected chi connectivity index (χ4v) is 3.54. The van der Waals surface area contributed by atoms with Crippen LogP contribution >= 0.6 is 11.8 Å². The van der Waals surface area contributed by atoms with Crippen LogP contribution in [0.4, 0.5) is 5.69 Å². The van der Waals surface area contributed by atoms with Crippen molar-refractivity contribution in [3.63, 3.8) is 0 Å². The minimum absolute atomic E-state index is 0.0380. The van der Waals surface area contributed by atoms with Gasteiger partial charge in [-0.3, -0.25) is 9.59 Å². The molecule has 7 heteroatoms. The van der Waals surface area contributed by atoms with Crippen LogP contribution in [0.1, 0.15) is 18.7 Å². The van der Waals surface area contributed by atoms with Crippen LogP contribution < -0.4 is 5.32 Å². The number of anilines is 1. The first-order valence-electron chi connectivity index (χ1n) is 8.30. The number of likely N-dealkylation sites (tertiary alicyclic amines) is 1. The average molecular weight is 358 g/mol. The van der Waals surface area contributed by atoms with Gasteiger partial charge in [-0.2, -0.15) is 11.8 Å². The Morgan fingerprint density at radius 3 is 2.72 bits per heavy atom. The van der Waals surface area contributed by atoms with E-state index in [1.807, 2.05) is 48.2 Å². The number of aromatic nitrogens is 2. The molecule has 2 amide bonds. The number of aryl methyl sites for hydroxylation is 1. The number of thioether (sulfide) groups is 1. The third-order valence-electron chi connectivity index (χ3n) is 4.38. The highest BCUT2D eigenvalue weighted by Crippen LogP contribution is 2.21. The normalized spacial score (nSPS) is 16.9. The predicted octanol–water partition coefficient (Wildman–Crippen LogP) is 2.47. The molecule has 0 saturated carbocycles. The van der Waals surface area contributed by atoms with E-state index < -0.39 is 0 Å². The Labute approximate surface area is 151 Å². The number of amides is 2. The molecule has 132 valence electrons. The van der Waals surface area contributed by atoms with E-state index in [4.69, 9.17) is 0 Å². The summed E-state index contributed by atoms with van der Waals surface area (Å²) in [7, 11) is 0. The standard InChI is InChI=1S/C18H22N4O2S/c1-13-19-9-11-21(13)15-7-5-14(6-8-15)20-18(24)16-4-3-10-22(16)17(23)12-25-2/h5-9,11,16H,3-4,10,12H2,1-2H3,(H,20,24). The summed E-state index contributed by atoms with van der Waals surface area (Å²) < 4.78 is 1.98. The Bertz CT molecular complexity index is 757. The largest absolute Gasteiger partial charge is 0.330 e. The molecule has 1 aliphatic rings. The topological polar surface area (TPSA) is 67.2 Å². The van der Waals surface area contributed by atoms with Gasteiger partial charge >= 0.3 is 0 Å². The summed E-state index contributed by atoms with van der Waals surface area (Å²) in [6, 6.07) is 7.26. The molecule has 3 rings (SSSR count). The average Bonchev–Trinajstić information content (AvgIpc) is 3.25. The highest BCUT2D eigenvalue weighted by Gasteiger charge is 2.33. The Morgan fingerprint density at radius 2 is 2.08 bits per heavy atom. The number of benzene rings is 1. The number of carbonyl (C=O) groups is 2. The Morgan fingerprint density at radius 1 is 1.32 bits per heavy atom. The van der Waals surface area contributed by atoms with Crippen LogP contribution in [0.3, 0.4) is 0 Å². The van der Waals surface area contributed by atoms with Crippen molar-refractivity contribution in [2.24, 2.45) is 0 Å². The minimum Gasteiger partial charge on any atom is -0.330 e. The van der Waals surface area contributed by atoms with E-state index >= 15 is 0 Å². The van der Waals surface area contributed by atoms with Crippen molar-refractivity contribution in [3.05, 3.63) is 42.5 Å². The molecule has 0 radical (unpaired) electrons.